The molecule has 0 saturated carbocycles. The number of phenols is 1. The van der Waals surface area contributed by atoms with Gasteiger partial charge in [-0.1, -0.05) is 23.7 Å². The summed E-state index contributed by atoms with van der Waals surface area (Å²) in [6.45, 7) is 0. The van der Waals surface area contributed by atoms with Gasteiger partial charge in [-0.25, -0.2) is 4.98 Å². The summed E-state index contributed by atoms with van der Waals surface area (Å²) in [6, 6.07) is 11.3. The average Bonchev–Trinajstić information content (AvgIpc) is 2.52. The third-order valence-corrected chi connectivity index (χ3v) is 2.95. The quantitative estimate of drug-likeness (QED) is 0.349. The van der Waals surface area contributed by atoms with Crippen LogP contribution in [0.2, 0.25) is 5.15 Å². The maximum Gasteiger partial charge on any atom is 0.267 e. The average molecular weight is 315 g/mol. The second kappa shape index (κ2) is 7.11. The number of hydrogen-bond donors (Lipinski definition) is 3. The Morgan fingerprint density at radius 2 is 2.00 bits per heavy atom. The van der Waals surface area contributed by atoms with E-state index >= 15 is 0 Å². The topological polar surface area (TPSA) is 98.0 Å². The minimum absolute atomic E-state index is 0.0867. The Hall–Kier alpha value is -3.04. The maximum absolute atomic E-state index is 12.0. The summed E-state index contributed by atoms with van der Waals surface area (Å²) in [5.74, 6) is -0.743. The van der Waals surface area contributed by atoms with Crippen molar-refractivity contribution in [1.29, 1.82) is 5.26 Å². The van der Waals surface area contributed by atoms with Crippen molar-refractivity contribution < 1.29 is 9.90 Å². The molecule has 0 fully saturated rings. The van der Waals surface area contributed by atoms with Crippen LogP contribution >= 0.6 is 11.6 Å². The van der Waals surface area contributed by atoms with Gasteiger partial charge < -0.3 is 15.7 Å². The highest BCUT2D eigenvalue weighted by atomic mass is 35.5. The highest BCUT2D eigenvalue weighted by Crippen LogP contribution is 2.22. The Balaban J connectivity index is 2.13. The number of aromatic hydroxyl groups is 1. The molecular weight excluding hydrogens is 304 g/mol. The number of anilines is 2. The van der Waals surface area contributed by atoms with E-state index in [9.17, 15) is 9.90 Å². The standard InChI is InChI=1S/C15H11ClN4O2/c16-14-12(5-3-7-18-14)19-9-10(8-17)15(22)20-11-4-1-2-6-13(11)21/h1-7,9,19,21H,(H,20,22)/b10-9-. The molecule has 0 radical (unpaired) electrons. The number of nitriles is 1. The van der Waals surface area contributed by atoms with Crippen LogP contribution in [0.4, 0.5) is 11.4 Å². The molecule has 0 atom stereocenters. The summed E-state index contributed by atoms with van der Waals surface area (Å²) in [5.41, 5.74) is 0.503. The lowest BCUT2D eigenvalue weighted by Gasteiger charge is -2.07. The molecule has 2 rings (SSSR count). The molecule has 3 N–H and O–H groups in total. The van der Waals surface area contributed by atoms with Crippen LogP contribution in [0.25, 0.3) is 0 Å². The summed E-state index contributed by atoms with van der Waals surface area (Å²) in [5, 5.41) is 24.1. The van der Waals surface area contributed by atoms with Gasteiger partial charge in [-0.3, -0.25) is 4.79 Å². The number of nitrogens with one attached hydrogen (secondary N) is 2. The van der Waals surface area contributed by atoms with Gasteiger partial charge in [0.2, 0.25) is 0 Å². The minimum atomic E-state index is -0.656. The van der Waals surface area contributed by atoms with Crippen molar-refractivity contribution >= 4 is 28.9 Å². The zero-order valence-electron chi connectivity index (χ0n) is 11.2. The first kappa shape index (κ1) is 15.4. The van der Waals surface area contributed by atoms with E-state index in [0.29, 0.717) is 5.69 Å². The minimum Gasteiger partial charge on any atom is -0.506 e. The number of halogens is 1. The lowest BCUT2D eigenvalue weighted by Crippen LogP contribution is -2.14. The van der Waals surface area contributed by atoms with E-state index in [1.165, 1.54) is 24.5 Å². The highest BCUT2D eigenvalue weighted by Gasteiger charge is 2.11. The van der Waals surface area contributed by atoms with Crippen molar-refractivity contribution in [2.75, 3.05) is 10.6 Å². The number of hydrogen-bond acceptors (Lipinski definition) is 5. The van der Waals surface area contributed by atoms with E-state index in [0.717, 1.165) is 0 Å². The van der Waals surface area contributed by atoms with Crippen molar-refractivity contribution in [3.8, 4) is 11.8 Å². The monoisotopic (exact) mass is 314 g/mol. The smallest absolute Gasteiger partial charge is 0.267 e. The fourth-order valence-electron chi connectivity index (χ4n) is 1.56. The molecule has 0 spiro atoms. The highest BCUT2D eigenvalue weighted by molar-refractivity contribution is 6.32. The Labute approximate surface area is 131 Å². The summed E-state index contributed by atoms with van der Waals surface area (Å²) < 4.78 is 0. The molecule has 2 aromatic rings. The third-order valence-electron chi connectivity index (χ3n) is 2.65. The van der Waals surface area contributed by atoms with Gasteiger partial charge >= 0.3 is 0 Å². The summed E-state index contributed by atoms with van der Waals surface area (Å²) in [6.07, 6.45) is 2.74. The molecule has 0 unspecified atom stereocenters. The number of carbonyl (C=O) groups is 1. The van der Waals surface area contributed by atoms with Gasteiger partial charge in [0, 0.05) is 12.4 Å². The largest absolute Gasteiger partial charge is 0.506 e. The second-order valence-electron chi connectivity index (χ2n) is 4.13. The Kier molecular flexibility index (Phi) is 4.96. The number of para-hydroxylation sites is 2. The molecule has 22 heavy (non-hydrogen) atoms. The normalized spacial score (nSPS) is 10.6. The summed E-state index contributed by atoms with van der Waals surface area (Å²) >= 11 is 5.86. The molecule has 1 aromatic heterocycles. The molecule has 7 heteroatoms. The van der Waals surface area contributed by atoms with E-state index in [-0.39, 0.29) is 22.2 Å². The van der Waals surface area contributed by atoms with Crippen LogP contribution in [0.5, 0.6) is 5.75 Å². The van der Waals surface area contributed by atoms with Crippen LogP contribution in [0.1, 0.15) is 0 Å². The summed E-state index contributed by atoms with van der Waals surface area (Å²) in [4.78, 5) is 15.9. The zero-order valence-corrected chi connectivity index (χ0v) is 12.0. The van der Waals surface area contributed by atoms with Crippen LogP contribution in [-0.2, 0) is 4.79 Å². The predicted octanol–water partition coefficient (Wildman–Crippen LogP) is 2.90. The molecular formula is C15H11ClN4O2. The molecule has 0 aliphatic rings. The van der Waals surface area contributed by atoms with Crippen molar-refractivity contribution in [2.24, 2.45) is 0 Å². The van der Waals surface area contributed by atoms with Crippen molar-refractivity contribution in [3.05, 3.63) is 59.5 Å². The maximum atomic E-state index is 12.0. The number of rotatable bonds is 4. The van der Waals surface area contributed by atoms with Gasteiger partial charge in [-0.05, 0) is 24.3 Å². The Bertz CT molecular complexity index is 768. The van der Waals surface area contributed by atoms with Gasteiger partial charge in [0.15, 0.2) is 5.15 Å². The second-order valence-corrected chi connectivity index (χ2v) is 4.49. The molecule has 110 valence electrons. The first-order chi connectivity index (χ1) is 10.6. The van der Waals surface area contributed by atoms with Crippen LogP contribution < -0.4 is 10.6 Å². The Morgan fingerprint density at radius 3 is 2.68 bits per heavy atom. The van der Waals surface area contributed by atoms with Crippen molar-refractivity contribution in [3.63, 3.8) is 0 Å². The number of amides is 1. The van der Waals surface area contributed by atoms with E-state index < -0.39 is 5.91 Å². The number of nitrogens with zero attached hydrogens (tertiary/aromatic N) is 2. The molecule has 1 aromatic carbocycles. The van der Waals surface area contributed by atoms with Gasteiger partial charge in [-0.2, -0.15) is 5.26 Å². The number of benzene rings is 1. The predicted molar refractivity (Wildman–Crippen MR) is 83.3 cm³/mol. The van der Waals surface area contributed by atoms with Gasteiger partial charge in [-0.15, -0.1) is 0 Å². The van der Waals surface area contributed by atoms with Crippen molar-refractivity contribution in [1.82, 2.24) is 4.98 Å². The lowest BCUT2D eigenvalue weighted by atomic mass is 10.2. The van der Waals surface area contributed by atoms with Crippen molar-refractivity contribution in [2.45, 2.75) is 0 Å². The van der Waals surface area contributed by atoms with Crippen LogP contribution in [0.3, 0.4) is 0 Å². The van der Waals surface area contributed by atoms with Gasteiger partial charge in [0.25, 0.3) is 5.91 Å². The van der Waals surface area contributed by atoms with E-state index in [4.69, 9.17) is 16.9 Å². The van der Waals surface area contributed by atoms with Crippen LogP contribution in [-0.4, -0.2) is 16.0 Å². The molecule has 1 heterocycles. The number of pyridine rings is 1. The first-order valence-corrected chi connectivity index (χ1v) is 6.56. The molecule has 0 aliphatic carbocycles. The van der Waals surface area contributed by atoms with Gasteiger partial charge in [0.1, 0.15) is 17.4 Å². The fraction of sp³-hybridized carbons (Fsp3) is 0. The van der Waals surface area contributed by atoms with E-state index in [1.54, 1.807) is 30.3 Å². The zero-order chi connectivity index (χ0) is 15.9. The molecule has 6 nitrogen and oxygen atoms in total. The number of carbonyl (C=O) groups excluding carboxylic acids is 1. The molecule has 0 bridgehead atoms. The van der Waals surface area contributed by atoms with E-state index in [1.807, 2.05) is 0 Å². The third kappa shape index (κ3) is 3.75. The molecule has 0 aliphatic heterocycles. The Morgan fingerprint density at radius 1 is 1.27 bits per heavy atom. The molecule has 1 amide bonds. The number of aromatic nitrogens is 1. The molecule has 0 saturated heterocycles. The van der Waals surface area contributed by atoms with Crippen LogP contribution in [0, 0.1) is 11.3 Å². The first-order valence-electron chi connectivity index (χ1n) is 6.18. The van der Waals surface area contributed by atoms with Gasteiger partial charge in [0.05, 0.1) is 11.4 Å². The van der Waals surface area contributed by atoms with Crippen LogP contribution in [0.15, 0.2) is 54.4 Å². The van der Waals surface area contributed by atoms with E-state index in [2.05, 4.69) is 15.6 Å². The number of phenolic OH excluding ortho intramolecular Hbond substituents is 1. The summed E-state index contributed by atoms with van der Waals surface area (Å²) in [7, 11) is 0. The SMILES string of the molecule is N#C/C(=C/Nc1cccnc1Cl)C(=O)Nc1ccccc1O. The lowest BCUT2D eigenvalue weighted by molar-refractivity contribution is -0.112. The fourth-order valence-corrected chi connectivity index (χ4v) is 1.74.